The summed E-state index contributed by atoms with van der Waals surface area (Å²) >= 11 is 7.22. The molecule has 29 heavy (non-hydrogen) atoms. The number of benzene rings is 2. The lowest BCUT2D eigenvalue weighted by Gasteiger charge is -2.20. The predicted octanol–water partition coefficient (Wildman–Crippen LogP) is 6.05. The van der Waals surface area contributed by atoms with Crippen molar-refractivity contribution in [1.29, 1.82) is 0 Å². The van der Waals surface area contributed by atoms with E-state index in [1.54, 1.807) is 24.3 Å². The minimum atomic E-state index is -3.47. The lowest BCUT2D eigenvalue weighted by atomic mass is 10.2. The number of carbonyl (C=O) groups is 1. The topological polar surface area (TPSA) is 64.6 Å². The van der Waals surface area contributed by atoms with Crippen LogP contribution in [0.4, 0.5) is 5.69 Å². The van der Waals surface area contributed by atoms with Crippen molar-refractivity contribution >= 4 is 47.4 Å². The second-order valence-electron chi connectivity index (χ2n) is 6.49. The smallest absolute Gasteiger partial charge is 0.350 e. The number of halogens is 1. The van der Waals surface area contributed by atoms with Crippen LogP contribution in [0.25, 0.3) is 10.4 Å². The maximum Gasteiger partial charge on any atom is 0.350 e. The van der Waals surface area contributed by atoms with Gasteiger partial charge in [0.25, 0.3) is 0 Å². The summed E-state index contributed by atoms with van der Waals surface area (Å²) in [6.45, 7) is 3.85. The van der Waals surface area contributed by atoms with Crippen LogP contribution in [-0.4, -0.2) is 20.2 Å². The molecule has 0 saturated heterocycles. The molecule has 0 fully saturated rings. The molecule has 0 bridgehead atoms. The number of thiophene rings is 1. The first kappa shape index (κ1) is 21.6. The maximum atomic E-state index is 13.6. The van der Waals surface area contributed by atoms with Crippen LogP contribution in [-0.2, 0) is 13.8 Å². The third kappa shape index (κ3) is 4.57. The number of nitrogens with one attached hydrogen (secondary N) is 1. The predicted molar refractivity (Wildman–Crippen MR) is 120 cm³/mol. The number of rotatable bonds is 6. The SMILES string of the molecule is COC(=O)c1sc(-c2ccc(Cl)cc2)cc1NP(=O)(OC)c1ccc(C)cc1C. The molecule has 2 aromatic carbocycles. The fourth-order valence-corrected chi connectivity index (χ4v) is 5.91. The van der Waals surface area contributed by atoms with Crippen molar-refractivity contribution < 1.29 is 18.6 Å². The first-order valence-electron chi connectivity index (χ1n) is 8.77. The summed E-state index contributed by atoms with van der Waals surface area (Å²) in [5.41, 5.74) is 3.19. The quantitative estimate of drug-likeness (QED) is 0.366. The van der Waals surface area contributed by atoms with Gasteiger partial charge in [-0.1, -0.05) is 41.4 Å². The third-order valence-corrected chi connectivity index (χ3v) is 8.03. The summed E-state index contributed by atoms with van der Waals surface area (Å²) < 4.78 is 24.0. The van der Waals surface area contributed by atoms with Crippen molar-refractivity contribution in [3.05, 3.63) is 69.6 Å². The molecule has 1 atom stereocenters. The highest BCUT2D eigenvalue weighted by Crippen LogP contribution is 2.48. The Morgan fingerprint density at radius 1 is 1.07 bits per heavy atom. The summed E-state index contributed by atoms with van der Waals surface area (Å²) in [4.78, 5) is 13.5. The van der Waals surface area contributed by atoms with Crippen LogP contribution in [0.1, 0.15) is 20.8 Å². The monoisotopic (exact) mass is 449 g/mol. The van der Waals surface area contributed by atoms with Crippen LogP contribution in [0.5, 0.6) is 0 Å². The minimum absolute atomic E-state index is 0.319. The molecule has 152 valence electrons. The molecule has 3 rings (SSSR count). The van der Waals surface area contributed by atoms with E-state index in [9.17, 15) is 9.36 Å². The molecular formula is C21H21ClNO4PS. The van der Waals surface area contributed by atoms with Crippen molar-refractivity contribution in [2.24, 2.45) is 0 Å². The number of anilines is 1. The molecule has 0 saturated carbocycles. The highest BCUT2D eigenvalue weighted by molar-refractivity contribution is 7.68. The molecule has 0 aliphatic heterocycles. The van der Waals surface area contributed by atoms with Gasteiger partial charge >= 0.3 is 13.5 Å². The van der Waals surface area contributed by atoms with Crippen molar-refractivity contribution in [3.63, 3.8) is 0 Å². The highest BCUT2D eigenvalue weighted by Gasteiger charge is 2.30. The third-order valence-electron chi connectivity index (χ3n) is 4.43. The zero-order valence-corrected chi connectivity index (χ0v) is 19.0. The lowest BCUT2D eigenvalue weighted by molar-refractivity contribution is 0.0607. The Kier molecular flexibility index (Phi) is 6.49. The lowest BCUT2D eigenvalue weighted by Crippen LogP contribution is -2.17. The van der Waals surface area contributed by atoms with Crippen molar-refractivity contribution in [2.45, 2.75) is 13.8 Å². The zero-order valence-electron chi connectivity index (χ0n) is 16.5. The Labute approximate surface area is 179 Å². The van der Waals surface area contributed by atoms with Gasteiger partial charge in [0.15, 0.2) is 0 Å². The Morgan fingerprint density at radius 3 is 2.34 bits per heavy atom. The molecule has 8 heteroatoms. The van der Waals surface area contributed by atoms with Gasteiger partial charge < -0.3 is 14.3 Å². The van der Waals surface area contributed by atoms with Gasteiger partial charge in [-0.05, 0) is 49.2 Å². The molecule has 5 nitrogen and oxygen atoms in total. The van der Waals surface area contributed by atoms with Crippen LogP contribution in [0.15, 0.2) is 48.5 Å². The molecule has 1 heterocycles. The van der Waals surface area contributed by atoms with Crippen molar-refractivity contribution in [2.75, 3.05) is 19.3 Å². The second-order valence-corrected chi connectivity index (χ2v) is 10.1. The molecule has 1 aromatic heterocycles. The van der Waals surface area contributed by atoms with E-state index in [0.717, 1.165) is 21.6 Å². The number of ether oxygens (including phenoxy) is 1. The fourth-order valence-electron chi connectivity index (χ4n) is 2.97. The van der Waals surface area contributed by atoms with Crippen LogP contribution < -0.4 is 10.4 Å². The van der Waals surface area contributed by atoms with E-state index in [4.69, 9.17) is 20.9 Å². The Hall–Kier alpha value is -2.11. The second kappa shape index (κ2) is 8.72. The molecule has 1 N–H and O–H groups in total. The molecule has 0 spiro atoms. The summed E-state index contributed by atoms with van der Waals surface area (Å²) in [5, 5.41) is 4.16. The summed E-state index contributed by atoms with van der Waals surface area (Å²) in [6, 6.07) is 14.6. The Balaban J connectivity index is 2.07. The van der Waals surface area contributed by atoms with Gasteiger partial charge in [-0.15, -0.1) is 11.3 Å². The highest BCUT2D eigenvalue weighted by atomic mass is 35.5. The number of hydrogen-bond acceptors (Lipinski definition) is 5. The van der Waals surface area contributed by atoms with E-state index in [1.165, 1.54) is 25.6 Å². The average Bonchev–Trinajstić information content (AvgIpc) is 3.11. The van der Waals surface area contributed by atoms with Gasteiger partial charge in [0.1, 0.15) is 4.88 Å². The molecule has 3 aromatic rings. The standard InChI is InChI=1S/C21H21ClNO4PS/c1-13-5-10-18(14(2)11-13)28(25,27-4)23-17-12-19(29-20(17)21(24)26-3)15-6-8-16(22)9-7-15/h5-12H,1-4H3,(H,23,25). The zero-order chi connectivity index (χ0) is 21.2. The maximum absolute atomic E-state index is 13.6. The van der Waals surface area contributed by atoms with E-state index in [2.05, 4.69) is 5.09 Å². The van der Waals surface area contributed by atoms with E-state index < -0.39 is 13.5 Å². The van der Waals surface area contributed by atoms with Gasteiger partial charge in [0.2, 0.25) is 0 Å². The average molecular weight is 450 g/mol. The number of aryl methyl sites for hydroxylation is 2. The van der Waals surface area contributed by atoms with E-state index in [-0.39, 0.29) is 0 Å². The number of esters is 1. The number of carbonyl (C=O) groups excluding carboxylic acids is 1. The number of hydrogen-bond donors (Lipinski definition) is 1. The normalized spacial score (nSPS) is 13.0. The van der Waals surface area contributed by atoms with Crippen LogP contribution >= 0.6 is 30.5 Å². The molecular weight excluding hydrogens is 429 g/mol. The Bertz CT molecular complexity index is 1090. The van der Waals surface area contributed by atoms with Gasteiger partial charge in [-0.2, -0.15) is 0 Å². The van der Waals surface area contributed by atoms with Crippen molar-refractivity contribution in [3.8, 4) is 10.4 Å². The molecule has 0 aliphatic rings. The Morgan fingerprint density at radius 2 is 1.76 bits per heavy atom. The summed E-state index contributed by atoms with van der Waals surface area (Å²) in [6.07, 6.45) is 0. The van der Waals surface area contributed by atoms with Crippen molar-refractivity contribution in [1.82, 2.24) is 0 Å². The first-order valence-corrected chi connectivity index (χ1v) is 11.6. The summed E-state index contributed by atoms with van der Waals surface area (Å²) in [7, 11) is -0.768. The fraction of sp³-hybridized carbons (Fsp3) is 0.190. The van der Waals surface area contributed by atoms with Gasteiger partial charge in [0.05, 0.1) is 18.1 Å². The number of methoxy groups -OCH3 is 1. The largest absolute Gasteiger partial charge is 0.465 e. The van der Waals surface area contributed by atoms with Gasteiger partial charge in [0, 0.05) is 17.0 Å². The molecule has 0 radical (unpaired) electrons. The van der Waals surface area contributed by atoms with Crippen LogP contribution in [0, 0.1) is 13.8 Å². The first-order chi connectivity index (χ1) is 13.8. The molecule has 0 amide bonds. The van der Waals surface area contributed by atoms with Crippen LogP contribution in [0.3, 0.4) is 0 Å². The summed E-state index contributed by atoms with van der Waals surface area (Å²) in [5.74, 6) is -0.513. The van der Waals surface area contributed by atoms with E-state index in [0.29, 0.717) is 20.9 Å². The molecule has 1 unspecified atom stereocenters. The van der Waals surface area contributed by atoms with E-state index >= 15 is 0 Å². The van der Waals surface area contributed by atoms with Crippen LogP contribution in [0.2, 0.25) is 5.02 Å². The van der Waals surface area contributed by atoms with Gasteiger partial charge in [-0.25, -0.2) is 4.79 Å². The van der Waals surface area contributed by atoms with Gasteiger partial charge in [-0.3, -0.25) is 4.57 Å². The minimum Gasteiger partial charge on any atom is -0.465 e. The molecule has 0 aliphatic carbocycles. The van der Waals surface area contributed by atoms with E-state index in [1.807, 2.05) is 38.1 Å².